The number of carbonyl (C=O) groups is 2. The van der Waals surface area contributed by atoms with Crippen LogP contribution in [0.4, 0.5) is 4.39 Å². The summed E-state index contributed by atoms with van der Waals surface area (Å²) in [5, 5.41) is 20.7. The number of nitrogens with zero attached hydrogens (tertiary/aromatic N) is 1. The fourth-order valence-electron chi connectivity index (χ4n) is 5.32. The first-order valence-corrected chi connectivity index (χ1v) is 13.3. The molecule has 0 bridgehead atoms. The Bertz CT molecular complexity index is 1220. The van der Waals surface area contributed by atoms with E-state index in [0.717, 1.165) is 0 Å². The fourth-order valence-corrected chi connectivity index (χ4v) is 5.32. The third kappa shape index (κ3) is 5.97. The van der Waals surface area contributed by atoms with Gasteiger partial charge in [0.15, 0.2) is 0 Å². The first-order chi connectivity index (χ1) is 18.4. The van der Waals surface area contributed by atoms with Crippen LogP contribution in [0.2, 0.25) is 0 Å². The highest BCUT2D eigenvalue weighted by Gasteiger charge is 2.37. The summed E-state index contributed by atoms with van der Waals surface area (Å²) >= 11 is 0. The minimum absolute atomic E-state index is 0.0747. The normalized spacial score (nSPS) is 23.5. The van der Waals surface area contributed by atoms with Crippen LogP contribution in [-0.4, -0.2) is 51.6 Å². The lowest BCUT2D eigenvalue weighted by molar-refractivity contribution is -0.156. The van der Waals surface area contributed by atoms with E-state index < -0.39 is 42.2 Å². The molecule has 4 unspecified atom stereocenters. The molecule has 4 atom stereocenters. The lowest BCUT2D eigenvalue weighted by atomic mass is 9.79. The summed E-state index contributed by atoms with van der Waals surface area (Å²) in [6.07, 6.45) is -3.14. The summed E-state index contributed by atoms with van der Waals surface area (Å²) < 4.78 is 25.3. The van der Waals surface area contributed by atoms with Gasteiger partial charge in [-0.25, -0.2) is 4.39 Å². The summed E-state index contributed by atoms with van der Waals surface area (Å²) in [5.74, 6) is -1.60. The summed E-state index contributed by atoms with van der Waals surface area (Å²) in [4.78, 5) is 29.6. The molecule has 2 fully saturated rings. The van der Waals surface area contributed by atoms with Crippen LogP contribution in [0.1, 0.15) is 87.7 Å². The van der Waals surface area contributed by atoms with Crippen LogP contribution in [0.25, 0.3) is 22.3 Å². The van der Waals surface area contributed by atoms with E-state index in [-0.39, 0.29) is 37.5 Å². The zero-order valence-electron chi connectivity index (χ0n) is 22.9. The number of pyridine rings is 1. The van der Waals surface area contributed by atoms with E-state index in [4.69, 9.17) is 14.5 Å². The monoisotopic (exact) mass is 537 g/mol. The van der Waals surface area contributed by atoms with Gasteiger partial charge in [-0.1, -0.05) is 53.0 Å². The van der Waals surface area contributed by atoms with Gasteiger partial charge in [0, 0.05) is 29.5 Å². The third-order valence-corrected chi connectivity index (χ3v) is 7.22. The van der Waals surface area contributed by atoms with E-state index in [1.165, 1.54) is 12.1 Å². The predicted octanol–water partition coefficient (Wildman–Crippen LogP) is 5.29. The molecule has 3 heterocycles. The lowest BCUT2D eigenvalue weighted by Gasteiger charge is -2.33. The summed E-state index contributed by atoms with van der Waals surface area (Å²) in [6.45, 7) is 16.6. The van der Waals surface area contributed by atoms with Gasteiger partial charge in [0.1, 0.15) is 18.0 Å². The number of benzene rings is 1. The zero-order chi connectivity index (χ0) is 28.6. The number of ether oxygens (including phenoxy) is 2. The molecule has 7 nitrogen and oxygen atoms in total. The molecule has 208 valence electrons. The SMILES string of the molecule is C=C(c1c(C(C)C)nc(C(C)C)c(C(=C)C2CC(O)CC(=O)O2)c1-c1ccc(F)cc1)C1CC(O)CC(=O)O1. The number of aliphatic hydroxyl groups excluding tert-OH is 2. The van der Waals surface area contributed by atoms with Gasteiger partial charge in [0.05, 0.1) is 36.4 Å². The van der Waals surface area contributed by atoms with Crippen molar-refractivity contribution in [1.29, 1.82) is 0 Å². The molecule has 2 saturated heterocycles. The predicted molar refractivity (Wildman–Crippen MR) is 146 cm³/mol. The minimum atomic E-state index is -0.870. The van der Waals surface area contributed by atoms with Gasteiger partial charge >= 0.3 is 11.9 Å². The van der Waals surface area contributed by atoms with Crippen molar-refractivity contribution in [2.75, 3.05) is 0 Å². The second-order valence-corrected chi connectivity index (χ2v) is 11.0. The maximum Gasteiger partial charge on any atom is 0.309 e. The highest BCUT2D eigenvalue weighted by molar-refractivity contribution is 5.94. The van der Waals surface area contributed by atoms with E-state index in [9.17, 15) is 24.2 Å². The number of hydrogen-bond donors (Lipinski definition) is 2. The van der Waals surface area contributed by atoms with Gasteiger partial charge in [-0.15, -0.1) is 0 Å². The van der Waals surface area contributed by atoms with Crippen molar-refractivity contribution in [3.05, 3.63) is 65.8 Å². The second-order valence-electron chi connectivity index (χ2n) is 11.0. The van der Waals surface area contributed by atoms with Crippen molar-refractivity contribution >= 4 is 23.1 Å². The van der Waals surface area contributed by atoms with Gasteiger partial charge in [-0.2, -0.15) is 0 Å². The van der Waals surface area contributed by atoms with E-state index in [2.05, 4.69) is 13.2 Å². The Morgan fingerprint density at radius 2 is 1.26 bits per heavy atom. The molecule has 8 heteroatoms. The van der Waals surface area contributed by atoms with Gasteiger partial charge < -0.3 is 19.7 Å². The Morgan fingerprint density at radius 3 is 1.62 bits per heavy atom. The molecule has 1 aromatic heterocycles. The van der Waals surface area contributed by atoms with Crippen LogP contribution >= 0.6 is 0 Å². The molecule has 1 aromatic carbocycles. The molecule has 2 aliphatic rings. The molecule has 0 amide bonds. The minimum Gasteiger partial charge on any atom is -0.457 e. The average molecular weight is 538 g/mol. The number of hydrogen-bond acceptors (Lipinski definition) is 7. The zero-order valence-corrected chi connectivity index (χ0v) is 22.9. The number of esters is 2. The molecule has 2 N–H and O–H groups in total. The lowest BCUT2D eigenvalue weighted by Crippen LogP contribution is -2.34. The van der Waals surface area contributed by atoms with Gasteiger partial charge in [0.2, 0.25) is 0 Å². The van der Waals surface area contributed by atoms with Gasteiger partial charge in [0.25, 0.3) is 0 Å². The van der Waals surface area contributed by atoms with Crippen molar-refractivity contribution in [1.82, 2.24) is 4.98 Å². The number of aromatic nitrogens is 1. The smallest absolute Gasteiger partial charge is 0.309 e. The Morgan fingerprint density at radius 1 is 0.846 bits per heavy atom. The molecule has 0 saturated carbocycles. The molecule has 2 aromatic rings. The summed E-state index contributed by atoms with van der Waals surface area (Å²) in [6, 6.07) is 6.01. The van der Waals surface area contributed by atoms with Crippen molar-refractivity contribution in [2.45, 2.75) is 89.6 Å². The van der Waals surface area contributed by atoms with Crippen LogP contribution in [-0.2, 0) is 19.1 Å². The summed E-state index contributed by atoms with van der Waals surface area (Å²) in [7, 11) is 0. The Balaban J connectivity index is 2.04. The van der Waals surface area contributed by atoms with Crippen LogP contribution in [0.5, 0.6) is 0 Å². The van der Waals surface area contributed by atoms with Gasteiger partial charge in [-0.05, 0) is 40.7 Å². The van der Waals surface area contributed by atoms with Crippen LogP contribution in [0, 0.1) is 5.82 Å². The van der Waals surface area contributed by atoms with Crippen molar-refractivity contribution in [2.24, 2.45) is 0 Å². The van der Waals surface area contributed by atoms with Crippen LogP contribution < -0.4 is 0 Å². The first-order valence-electron chi connectivity index (χ1n) is 13.3. The molecule has 0 spiro atoms. The largest absolute Gasteiger partial charge is 0.457 e. The quantitative estimate of drug-likeness (QED) is 0.462. The number of halogens is 1. The third-order valence-electron chi connectivity index (χ3n) is 7.22. The fraction of sp³-hybridized carbons (Fsp3) is 0.452. The standard InChI is InChI=1S/C31H36FNO6/c1-15(2)30-27(17(5)23-11-21(34)13-25(36)38-23)29(19-7-9-20(32)10-8-19)28(31(33-30)16(3)4)18(6)24-12-22(35)14-26(37)39-24/h7-10,15-16,21-24,34-35H,5-6,11-14H2,1-4H3. The van der Waals surface area contributed by atoms with Crippen molar-refractivity contribution in [3.63, 3.8) is 0 Å². The molecule has 0 radical (unpaired) electrons. The van der Waals surface area contributed by atoms with Gasteiger partial charge in [-0.3, -0.25) is 14.6 Å². The van der Waals surface area contributed by atoms with E-state index in [1.54, 1.807) is 12.1 Å². The molecule has 4 rings (SSSR count). The Hall–Kier alpha value is -3.36. The average Bonchev–Trinajstić information content (AvgIpc) is 2.85. The molecule has 2 aliphatic heterocycles. The van der Waals surface area contributed by atoms with E-state index >= 15 is 0 Å². The van der Waals surface area contributed by atoms with Crippen molar-refractivity contribution in [3.8, 4) is 11.1 Å². The maximum absolute atomic E-state index is 14.1. The molecular formula is C31H36FNO6. The first kappa shape index (κ1) is 28.6. The van der Waals surface area contributed by atoms with Crippen LogP contribution in [0.15, 0.2) is 37.4 Å². The molecule has 39 heavy (non-hydrogen) atoms. The highest BCUT2D eigenvalue weighted by Crippen LogP contribution is 2.45. The van der Waals surface area contributed by atoms with Crippen molar-refractivity contribution < 1.29 is 33.7 Å². The Kier molecular flexibility index (Phi) is 8.37. The summed E-state index contributed by atoms with van der Waals surface area (Å²) in [5.41, 5.74) is 4.87. The topological polar surface area (TPSA) is 106 Å². The highest BCUT2D eigenvalue weighted by atomic mass is 19.1. The molecule has 0 aliphatic carbocycles. The number of cyclic esters (lactones) is 2. The van der Waals surface area contributed by atoms with Crippen LogP contribution in [0.3, 0.4) is 0 Å². The second kappa shape index (κ2) is 11.4. The number of rotatable bonds is 7. The maximum atomic E-state index is 14.1. The Labute approximate surface area is 228 Å². The number of aliphatic hydroxyl groups is 2. The van der Waals surface area contributed by atoms with E-state index in [1.807, 2.05) is 27.7 Å². The molecular weight excluding hydrogens is 501 g/mol. The van der Waals surface area contributed by atoms with E-state index in [0.29, 0.717) is 44.8 Å². The number of carbonyl (C=O) groups excluding carboxylic acids is 2.